The highest BCUT2D eigenvalue weighted by molar-refractivity contribution is 8.18. The van der Waals surface area contributed by atoms with Crippen molar-refractivity contribution in [2.45, 2.75) is 0 Å². The van der Waals surface area contributed by atoms with E-state index < -0.39 is 16.8 Å². The van der Waals surface area contributed by atoms with Gasteiger partial charge >= 0.3 is 5.97 Å². The van der Waals surface area contributed by atoms with E-state index in [1.807, 2.05) is 0 Å². The number of nitro benzene ring substituents is 1. The fourth-order valence-corrected chi connectivity index (χ4v) is 3.74. The van der Waals surface area contributed by atoms with Crippen LogP contribution in [-0.2, 0) is 4.79 Å². The van der Waals surface area contributed by atoms with Crippen LogP contribution >= 0.6 is 23.4 Å². The van der Waals surface area contributed by atoms with Crippen LogP contribution in [0.25, 0.3) is 6.08 Å². The second kappa shape index (κ2) is 7.69. The fraction of sp³-hybridized carbons (Fsp3) is 0.0556. The standard InChI is InChI=1S/C18H10ClN3O7S/c19-11-2-1-9(5-10(11)17(24)25)20-18-21-16(23)15(30-18)4-8-3-13-14(29-7-28-13)6-12(8)22(26)27/h1-6H,7H2,(H,24,25)(H,20,21,23). The van der Waals surface area contributed by atoms with Crippen LogP contribution in [0.2, 0.25) is 5.02 Å². The van der Waals surface area contributed by atoms with Crippen molar-refractivity contribution in [2.24, 2.45) is 4.99 Å². The summed E-state index contributed by atoms with van der Waals surface area (Å²) in [4.78, 5) is 38.7. The highest BCUT2D eigenvalue weighted by atomic mass is 35.5. The SMILES string of the molecule is O=C1NC(=Nc2ccc(Cl)c(C(=O)O)c2)SC1=Cc1cc2c(cc1[N+](=O)[O-])OCO2. The predicted molar refractivity (Wildman–Crippen MR) is 108 cm³/mol. The lowest BCUT2D eigenvalue weighted by atomic mass is 10.1. The lowest BCUT2D eigenvalue weighted by Crippen LogP contribution is -2.19. The summed E-state index contributed by atoms with van der Waals surface area (Å²) in [6, 6.07) is 6.82. The summed E-state index contributed by atoms with van der Waals surface area (Å²) in [5, 5.41) is 23.3. The number of carbonyl (C=O) groups excluding carboxylic acids is 1. The topological polar surface area (TPSA) is 140 Å². The van der Waals surface area contributed by atoms with Crippen molar-refractivity contribution in [3.05, 3.63) is 61.5 Å². The number of thioether (sulfide) groups is 1. The number of amides is 1. The summed E-state index contributed by atoms with van der Waals surface area (Å²) in [5.74, 6) is -1.11. The smallest absolute Gasteiger partial charge is 0.337 e. The Balaban J connectivity index is 1.66. The summed E-state index contributed by atoms with van der Waals surface area (Å²) in [7, 11) is 0. The molecule has 1 fully saturated rings. The third-order valence-electron chi connectivity index (χ3n) is 4.07. The Morgan fingerprint density at radius 3 is 2.73 bits per heavy atom. The first kappa shape index (κ1) is 19.7. The molecule has 0 aromatic heterocycles. The maximum Gasteiger partial charge on any atom is 0.337 e. The Morgan fingerprint density at radius 1 is 1.30 bits per heavy atom. The monoisotopic (exact) mass is 447 g/mol. The van der Waals surface area contributed by atoms with Gasteiger partial charge in [0.1, 0.15) is 0 Å². The summed E-state index contributed by atoms with van der Waals surface area (Å²) >= 11 is 6.79. The molecule has 0 radical (unpaired) electrons. The molecule has 0 atom stereocenters. The molecule has 30 heavy (non-hydrogen) atoms. The van der Waals surface area contributed by atoms with E-state index in [1.54, 1.807) is 0 Å². The van der Waals surface area contributed by atoms with Crippen molar-refractivity contribution < 1.29 is 29.1 Å². The zero-order chi connectivity index (χ0) is 21.4. The largest absolute Gasteiger partial charge is 0.478 e. The molecule has 1 amide bonds. The van der Waals surface area contributed by atoms with Crippen LogP contribution in [0.1, 0.15) is 15.9 Å². The number of amidine groups is 1. The summed E-state index contributed by atoms with van der Waals surface area (Å²) < 4.78 is 10.4. The van der Waals surface area contributed by atoms with E-state index in [4.69, 9.17) is 26.2 Å². The number of nitro groups is 1. The molecule has 152 valence electrons. The Labute approximate surface area is 177 Å². The minimum Gasteiger partial charge on any atom is -0.478 e. The molecule has 2 N–H and O–H groups in total. The first-order valence-electron chi connectivity index (χ1n) is 8.22. The lowest BCUT2D eigenvalue weighted by Gasteiger charge is -2.01. The van der Waals surface area contributed by atoms with E-state index >= 15 is 0 Å². The third kappa shape index (κ3) is 3.80. The van der Waals surface area contributed by atoms with Crippen LogP contribution in [0, 0.1) is 10.1 Å². The second-order valence-corrected chi connectivity index (χ2v) is 7.41. The van der Waals surface area contributed by atoms with Gasteiger partial charge in [-0.1, -0.05) is 11.6 Å². The Bertz CT molecular complexity index is 1180. The molecule has 2 heterocycles. The number of carboxylic acid groups (broad SMARTS) is 1. The van der Waals surface area contributed by atoms with Gasteiger partial charge in [0, 0.05) is 0 Å². The quantitative estimate of drug-likeness (QED) is 0.411. The van der Waals surface area contributed by atoms with E-state index in [9.17, 15) is 19.7 Å². The molecule has 0 spiro atoms. The molecule has 0 aliphatic carbocycles. The molecule has 2 aliphatic rings. The van der Waals surface area contributed by atoms with Gasteiger partial charge in [0.15, 0.2) is 16.7 Å². The number of carboxylic acids is 1. The zero-order valence-corrected chi connectivity index (χ0v) is 16.3. The molecule has 10 nitrogen and oxygen atoms in total. The van der Waals surface area contributed by atoms with Gasteiger partial charge in [-0.15, -0.1) is 0 Å². The van der Waals surface area contributed by atoms with Crippen molar-refractivity contribution in [1.82, 2.24) is 5.32 Å². The number of ether oxygens (including phenoxy) is 2. The minimum atomic E-state index is -1.21. The molecule has 4 rings (SSSR count). The first-order valence-corrected chi connectivity index (χ1v) is 9.42. The molecule has 2 aliphatic heterocycles. The highest BCUT2D eigenvalue weighted by Gasteiger charge is 2.27. The van der Waals surface area contributed by atoms with E-state index in [-0.39, 0.29) is 50.1 Å². The molecule has 2 aromatic carbocycles. The minimum absolute atomic E-state index is 0.0437. The van der Waals surface area contributed by atoms with Crippen LogP contribution < -0.4 is 14.8 Å². The predicted octanol–water partition coefficient (Wildman–Crippen LogP) is 3.57. The number of benzene rings is 2. The molecule has 0 saturated carbocycles. The van der Waals surface area contributed by atoms with Crippen LogP contribution in [0.5, 0.6) is 11.5 Å². The highest BCUT2D eigenvalue weighted by Crippen LogP contribution is 2.40. The van der Waals surface area contributed by atoms with Gasteiger partial charge in [-0.25, -0.2) is 9.79 Å². The number of fused-ring (bicyclic) bond motifs is 1. The van der Waals surface area contributed by atoms with Crippen LogP contribution in [0.3, 0.4) is 0 Å². The maximum atomic E-state index is 12.3. The van der Waals surface area contributed by atoms with Crippen molar-refractivity contribution in [1.29, 1.82) is 0 Å². The van der Waals surface area contributed by atoms with Gasteiger partial charge < -0.3 is 19.9 Å². The van der Waals surface area contributed by atoms with E-state index in [0.29, 0.717) is 5.75 Å². The van der Waals surface area contributed by atoms with Gasteiger partial charge in [-0.2, -0.15) is 0 Å². The average molecular weight is 448 g/mol. The fourth-order valence-electron chi connectivity index (χ4n) is 2.71. The maximum absolute atomic E-state index is 12.3. The number of hydrogen-bond donors (Lipinski definition) is 2. The normalized spacial score (nSPS) is 17.4. The van der Waals surface area contributed by atoms with E-state index in [1.165, 1.54) is 36.4 Å². The Hall–Kier alpha value is -3.57. The molecule has 2 aromatic rings. The molecule has 12 heteroatoms. The van der Waals surface area contributed by atoms with Crippen molar-refractivity contribution in [3.8, 4) is 11.5 Å². The summed E-state index contributed by atoms with van der Waals surface area (Å²) in [6.45, 7) is -0.0437. The van der Waals surface area contributed by atoms with Crippen LogP contribution in [-0.4, -0.2) is 33.9 Å². The number of halogens is 1. The molecule has 1 saturated heterocycles. The molecule has 0 unspecified atom stereocenters. The van der Waals surface area contributed by atoms with E-state index in [0.717, 1.165) is 11.8 Å². The second-order valence-electron chi connectivity index (χ2n) is 5.97. The number of nitrogens with zero attached hydrogens (tertiary/aromatic N) is 2. The first-order chi connectivity index (χ1) is 14.3. The molecular weight excluding hydrogens is 438 g/mol. The number of aromatic carboxylic acids is 1. The van der Waals surface area contributed by atoms with Gasteiger partial charge in [-0.3, -0.25) is 14.9 Å². The zero-order valence-electron chi connectivity index (χ0n) is 14.7. The van der Waals surface area contributed by atoms with Crippen LogP contribution in [0.4, 0.5) is 11.4 Å². The van der Waals surface area contributed by atoms with Crippen molar-refractivity contribution >= 4 is 57.9 Å². The van der Waals surface area contributed by atoms with Crippen molar-refractivity contribution in [3.63, 3.8) is 0 Å². The number of aliphatic imine (C=N–C) groups is 1. The number of nitrogens with one attached hydrogen (secondary N) is 1. The third-order valence-corrected chi connectivity index (χ3v) is 5.31. The van der Waals surface area contributed by atoms with Gasteiger partial charge in [-0.05, 0) is 42.1 Å². The number of rotatable bonds is 4. The van der Waals surface area contributed by atoms with E-state index in [2.05, 4.69) is 10.3 Å². The van der Waals surface area contributed by atoms with Gasteiger partial charge in [0.05, 0.1) is 37.7 Å². The Kier molecular flexibility index (Phi) is 5.06. The lowest BCUT2D eigenvalue weighted by molar-refractivity contribution is -0.385. The summed E-state index contributed by atoms with van der Waals surface area (Å²) in [5.41, 5.74) is 0.0756. The molecule has 0 bridgehead atoms. The summed E-state index contributed by atoms with van der Waals surface area (Å²) in [6.07, 6.45) is 1.35. The van der Waals surface area contributed by atoms with Crippen LogP contribution in [0.15, 0.2) is 40.2 Å². The number of carbonyl (C=O) groups is 2. The number of hydrogen-bond acceptors (Lipinski definition) is 8. The van der Waals surface area contributed by atoms with Gasteiger partial charge in [0.2, 0.25) is 6.79 Å². The molecular formula is C18H10ClN3O7S. The van der Waals surface area contributed by atoms with Gasteiger partial charge in [0.25, 0.3) is 11.6 Å². The van der Waals surface area contributed by atoms with Crippen molar-refractivity contribution in [2.75, 3.05) is 6.79 Å². The average Bonchev–Trinajstić information content (AvgIpc) is 3.28. The Morgan fingerprint density at radius 2 is 2.03 bits per heavy atom.